The maximum atomic E-state index is 11.7. The summed E-state index contributed by atoms with van der Waals surface area (Å²) in [4.78, 5) is 22.8. The van der Waals surface area contributed by atoms with E-state index < -0.39 is 18.0 Å². The second-order valence-electron chi connectivity index (χ2n) is 5.20. The summed E-state index contributed by atoms with van der Waals surface area (Å²) in [5, 5.41) is 14.2. The molecule has 0 aliphatic carbocycles. The molecule has 0 aromatic heterocycles. The number of carboxylic acids is 1. The van der Waals surface area contributed by atoms with Crippen LogP contribution in [0, 0.1) is 5.92 Å². The average molecular weight is 294 g/mol. The minimum Gasteiger partial charge on any atom is -0.497 e. The van der Waals surface area contributed by atoms with Crippen molar-refractivity contribution in [3.05, 3.63) is 29.8 Å². The summed E-state index contributed by atoms with van der Waals surface area (Å²) >= 11 is 0. The lowest BCUT2D eigenvalue weighted by Crippen LogP contribution is -2.46. The van der Waals surface area contributed by atoms with Crippen LogP contribution in [-0.2, 0) is 11.3 Å². The van der Waals surface area contributed by atoms with Crippen molar-refractivity contribution in [3.8, 4) is 5.75 Å². The van der Waals surface area contributed by atoms with E-state index >= 15 is 0 Å². The van der Waals surface area contributed by atoms with E-state index in [1.165, 1.54) is 0 Å². The van der Waals surface area contributed by atoms with Crippen LogP contribution in [0.1, 0.15) is 25.8 Å². The van der Waals surface area contributed by atoms with Crippen molar-refractivity contribution in [2.45, 2.75) is 32.9 Å². The highest BCUT2D eigenvalue weighted by molar-refractivity contribution is 5.82. The van der Waals surface area contributed by atoms with Crippen molar-refractivity contribution in [1.82, 2.24) is 10.6 Å². The molecule has 0 aliphatic heterocycles. The summed E-state index contributed by atoms with van der Waals surface area (Å²) in [7, 11) is 1.58. The first-order valence-corrected chi connectivity index (χ1v) is 6.82. The van der Waals surface area contributed by atoms with E-state index in [2.05, 4.69) is 10.6 Å². The Morgan fingerprint density at radius 1 is 1.24 bits per heavy atom. The van der Waals surface area contributed by atoms with Gasteiger partial charge in [-0.15, -0.1) is 0 Å². The molecule has 21 heavy (non-hydrogen) atoms. The van der Waals surface area contributed by atoms with Gasteiger partial charge in [-0.05, 0) is 30.0 Å². The number of carboxylic acid groups (broad SMARTS) is 1. The normalized spacial score (nSPS) is 11.8. The monoisotopic (exact) mass is 294 g/mol. The topological polar surface area (TPSA) is 87.7 Å². The van der Waals surface area contributed by atoms with Gasteiger partial charge < -0.3 is 20.5 Å². The number of hydrogen-bond acceptors (Lipinski definition) is 3. The van der Waals surface area contributed by atoms with Crippen molar-refractivity contribution in [3.63, 3.8) is 0 Å². The molecule has 1 aromatic carbocycles. The predicted octanol–water partition coefficient (Wildman–Crippen LogP) is 1.99. The van der Waals surface area contributed by atoms with Crippen LogP contribution in [0.2, 0.25) is 0 Å². The van der Waals surface area contributed by atoms with Crippen molar-refractivity contribution in [2.75, 3.05) is 7.11 Å². The summed E-state index contributed by atoms with van der Waals surface area (Å²) in [5.41, 5.74) is 0.904. The molecule has 0 bridgehead atoms. The molecule has 0 radical (unpaired) electrons. The number of methoxy groups -OCH3 is 1. The number of benzene rings is 1. The number of amides is 2. The zero-order valence-electron chi connectivity index (χ0n) is 12.6. The molecule has 6 heteroatoms. The summed E-state index contributed by atoms with van der Waals surface area (Å²) in [5.74, 6) is -0.0950. The second kappa shape index (κ2) is 8.14. The molecule has 0 spiro atoms. The smallest absolute Gasteiger partial charge is 0.326 e. The van der Waals surface area contributed by atoms with E-state index in [9.17, 15) is 9.59 Å². The van der Waals surface area contributed by atoms with E-state index in [0.717, 1.165) is 11.3 Å². The average Bonchev–Trinajstić information content (AvgIpc) is 2.44. The van der Waals surface area contributed by atoms with Crippen LogP contribution in [0.3, 0.4) is 0 Å². The van der Waals surface area contributed by atoms with E-state index in [1.807, 2.05) is 26.0 Å². The van der Waals surface area contributed by atoms with Gasteiger partial charge in [-0.25, -0.2) is 9.59 Å². The third-order valence-electron chi connectivity index (χ3n) is 2.92. The van der Waals surface area contributed by atoms with Gasteiger partial charge >= 0.3 is 12.0 Å². The molecule has 1 atom stereocenters. The quantitative estimate of drug-likeness (QED) is 0.717. The van der Waals surface area contributed by atoms with Crippen LogP contribution < -0.4 is 15.4 Å². The molecular weight excluding hydrogens is 272 g/mol. The lowest BCUT2D eigenvalue weighted by molar-refractivity contribution is -0.139. The molecule has 1 rings (SSSR count). The minimum atomic E-state index is -1.02. The number of hydrogen-bond donors (Lipinski definition) is 3. The highest BCUT2D eigenvalue weighted by Crippen LogP contribution is 2.11. The molecule has 1 aromatic rings. The van der Waals surface area contributed by atoms with E-state index in [0.29, 0.717) is 13.0 Å². The Kier molecular flexibility index (Phi) is 6.52. The number of carbonyl (C=O) groups is 2. The van der Waals surface area contributed by atoms with Gasteiger partial charge in [-0.3, -0.25) is 0 Å². The molecular formula is C15H22N2O4. The summed E-state index contributed by atoms with van der Waals surface area (Å²) in [6.45, 7) is 4.14. The van der Waals surface area contributed by atoms with Crippen LogP contribution in [0.5, 0.6) is 5.75 Å². The van der Waals surface area contributed by atoms with Gasteiger partial charge in [-0.2, -0.15) is 0 Å². The molecule has 6 nitrogen and oxygen atoms in total. The minimum absolute atomic E-state index is 0.188. The SMILES string of the molecule is COc1ccc(CNC(=O)N[C@H](CC(C)C)C(=O)O)cc1. The maximum absolute atomic E-state index is 11.7. The van der Waals surface area contributed by atoms with Crippen molar-refractivity contribution in [2.24, 2.45) is 5.92 Å². The van der Waals surface area contributed by atoms with Crippen molar-refractivity contribution >= 4 is 12.0 Å². The Morgan fingerprint density at radius 3 is 2.33 bits per heavy atom. The Hall–Kier alpha value is -2.24. The molecule has 0 saturated heterocycles. The molecule has 3 N–H and O–H groups in total. The van der Waals surface area contributed by atoms with Gasteiger partial charge in [0.25, 0.3) is 0 Å². The number of carbonyl (C=O) groups excluding carboxylic acids is 1. The van der Waals surface area contributed by atoms with Gasteiger partial charge in [0.05, 0.1) is 7.11 Å². The molecule has 0 unspecified atom stereocenters. The van der Waals surface area contributed by atoms with Crippen LogP contribution in [0.4, 0.5) is 4.79 Å². The highest BCUT2D eigenvalue weighted by Gasteiger charge is 2.20. The lowest BCUT2D eigenvalue weighted by Gasteiger charge is -2.17. The first kappa shape index (κ1) is 16.8. The van der Waals surface area contributed by atoms with Crippen LogP contribution in [0.15, 0.2) is 24.3 Å². The Morgan fingerprint density at radius 2 is 1.86 bits per heavy atom. The Labute approximate surface area is 124 Å². The molecule has 0 fully saturated rings. The first-order valence-electron chi connectivity index (χ1n) is 6.82. The first-order chi connectivity index (χ1) is 9.92. The third-order valence-corrected chi connectivity index (χ3v) is 2.92. The number of aliphatic carboxylic acids is 1. The second-order valence-corrected chi connectivity index (χ2v) is 5.20. The molecule has 116 valence electrons. The zero-order chi connectivity index (χ0) is 15.8. The number of nitrogens with one attached hydrogen (secondary N) is 2. The van der Waals surface area contributed by atoms with Crippen LogP contribution in [-0.4, -0.2) is 30.3 Å². The zero-order valence-corrected chi connectivity index (χ0v) is 12.6. The van der Waals surface area contributed by atoms with Crippen molar-refractivity contribution in [1.29, 1.82) is 0 Å². The largest absolute Gasteiger partial charge is 0.497 e. The van der Waals surface area contributed by atoms with E-state index in [1.54, 1.807) is 19.2 Å². The third kappa shape index (κ3) is 6.16. The number of rotatable bonds is 7. The van der Waals surface area contributed by atoms with Crippen LogP contribution in [0.25, 0.3) is 0 Å². The van der Waals surface area contributed by atoms with Gasteiger partial charge in [-0.1, -0.05) is 26.0 Å². The predicted molar refractivity (Wildman–Crippen MR) is 79.2 cm³/mol. The van der Waals surface area contributed by atoms with Crippen LogP contribution >= 0.6 is 0 Å². The van der Waals surface area contributed by atoms with Gasteiger partial charge in [0, 0.05) is 6.54 Å². The molecule has 0 heterocycles. The van der Waals surface area contributed by atoms with Gasteiger partial charge in [0.1, 0.15) is 11.8 Å². The number of urea groups is 1. The van der Waals surface area contributed by atoms with E-state index in [4.69, 9.17) is 9.84 Å². The van der Waals surface area contributed by atoms with Crippen molar-refractivity contribution < 1.29 is 19.4 Å². The highest BCUT2D eigenvalue weighted by atomic mass is 16.5. The fraction of sp³-hybridized carbons (Fsp3) is 0.467. The fourth-order valence-electron chi connectivity index (χ4n) is 1.83. The number of ether oxygens (including phenoxy) is 1. The summed E-state index contributed by atoms with van der Waals surface area (Å²) < 4.78 is 5.05. The maximum Gasteiger partial charge on any atom is 0.326 e. The summed E-state index contributed by atoms with van der Waals surface area (Å²) in [6, 6.07) is 5.91. The van der Waals surface area contributed by atoms with Gasteiger partial charge in [0.2, 0.25) is 0 Å². The Bertz CT molecular complexity index is 471. The standard InChI is InChI=1S/C15H22N2O4/c1-10(2)8-13(14(18)19)17-15(20)16-9-11-4-6-12(21-3)7-5-11/h4-7,10,13H,8-9H2,1-3H3,(H,18,19)(H2,16,17,20)/t13-/m1/s1. The Balaban J connectivity index is 2.46. The van der Waals surface area contributed by atoms with Gasteiger partial charge in [0.15, 0.2) is 0 Å². The lowest BCUT2D eigenvalue weighted by atomic mass is 10.0. The molecule has 2 amide bonds. The molecule has 0 aliphatic rings. The fourth-order valence-corrected chi connectivity index (χ4v) is 1.83. The summed E-state index contributed by atoms with van der Waals surface area (Å²) in [6.07, 6.45) is 0.394. The van der Waals surface area contributed by atoms with E-state index in [-0.39, 0.29) is 5.92 Å². The molecule has 0 saturated carbocycles.